The molecular weight excluding hydrogens is 223 g/mol. The summed E-state index contributed by atoms with van der Waals surface area (Å²) in [6.07, 6.45) is 6.71. The molecular formula is C10H18F3NS. The van der Waals surface area contributed by atoms with Crippen molar-refractivity contribution in [3.8, 4) is 0 Å². The molecule has 0 aliphatic heterocycles. The van der Waals surface area contributed by atoms with Gasteiger partial charge in [0.15, 0.2) is 0 Å². The Hall–Kier alpha value is 0.100. The van der Waals surface area contributed by atoms with Gasteiger partial charge in [-0.1, -0.05) is 37.4 Å². The van der Waals surface area contributed by atoms with Crippen molar-refractivity contribution >= 4 is 11.8 Å². The monoisotopic (exact) mass is 241 g/mol. The van der Waals surface area contributed by atoms with E-state index in [4.69, 9.17) is 5.73 Å². The molecule has 1 aliphatic rings. The second-order valence-electron chi connectivity index (χ2n) is 4.32. The molecule has 2 N–H and O–H groups in total. The van der Waals surface area contributed by atoms with Crippen LogP contribution in [0.1, 0.15) is 44.9 Å². The number of thioether (sulfide) groups is 1. The Labute approximate surface area is 93.0 Å². The van der Waals surface area contributed by atoms with Crippen LogP contribution in [-0.4, -0.2) is 16.8 Å². The van der Waals surface area contributed by atoms with E-state index in [0.717, 1.165) is 25.7 Å². The van der Waals surface area contributed by atoms with Crippen LogP contribution in [0, 0.1) is 0 Å². The molecule has 0 aromatic heterocycles. The summed E-state index contributed by atoms with van der Waals surface area (Å²) in [5.74, 6) is 0.0972. The lowest BCUT2D eigenvalue weighted by molar-refractivity contribution is -0.0328. The van der Waals surface area contributed by atoms with Crippen LogP contribution in [0.5, 0.6) is 0 Å². The molecule has 0 amide bonds. The van der Waals surface area contributed by atoms with Crippen LogP contribution in [0.25, 0.3) is 0 Å². The number of alkyl halides is 3. The highest BCUT2D eigenvalue weighted by atomic mass is 32.2. The van der Waals surface area contributed by atoms with Crippen molar-refractivity contribution in [1.29, 1.82) is 0 Å². The number of hydrogen-bond acceptors (Lipinski definition) is 2. The number of rotatable bonds is 3. The highest BCUT2D eigenvalue weighted by Gasteiger charge is 2.31. The van der Waals surface area contributed by atoms with Crippen molar-refractivity contribution in [2.75, 3.05) is 5.75 Å². The Balaban J connectivity index is 2.28. The fourth-order valence-electron chi connectivity index (χ4n) is 2.05. The smallest absolute Gasteiger partial charge is 0.325 e. The van der Waals surface area contributed by atoms with Crippen molar-refractivity contribution in [3.63, 3.8) is 0 Å². The second kappa shape index (κ2) is 5.43. The zero-order valence-electron chi connectivity index (χ0n) is 8.78. The molecule has 0 aromatic carbocycles. The summed E-state index contributed by atoms with van der Waals surface area (Å²) in [5, 5.41) is 0. The summed E-state index contributed by atoms with van der Waals surface area (Å²) >= 11 is 0.0526. The number of hydrogen-bond donors (Lipinski definition) is 1. The normalized spacial score (nSPS) is 22.4. The van der Waals surface area contributed by atoms with E-state index < -0.39 is 5.51 Å². The van der Waals surface area contributed by atoms with Crippen LogP contribution < -0.4 is 5.73 Å². The SMILES string of the molecule is NC1(CCSC(F)(F)F)CCCCCC1. The first kappa shape index (κ1) is 13.2. The van der Waals surface area contributed by atoms with Gasteiger partial charge >= 0.3 is 5.51 Å². The standard InChI is InChI=1S/C10H18F3NS/c11-10(12,13)15-8-7-9(14)5-3-1-2-4-6-9/h1-8,14H2. The maximum Gasteiger partial charge on any atom is 0.441 e. The third-order valence-electron chi connectivity index (χ3n) is 2.97. The lowest BCUT2D eigenvalue weighted by Crippen LogP contribution is -2.39. The molecule has 0 atom stereocenters. The van der Waals surface area contributed by atoms with Crippen LogP contribution >= 0.6 is 11.8 Å². The molecule has 5 heteroatoms. The molecule has 0 saturated heterocycles. The van der Waals surface area contributed by atoms with Gasteiger partial charge in [-0.15, -0.1) is 0 Å². The molecule has 0 heterocycles. The summed E-state index contributed by atoms with van der Waals surface area (Å²) in [5.41, 5.74) is 1.66. The van der Waals surface area contributed by atoms with Gasteiger partial charge in [0.1, 0.15) is 0 Å². The quantitative estimate of drug-likeness (QED) is 0.763. The lowest BCUT2D eigenvalue weighted by atomic mass is 9.89. The molecule has 0 bridgehead atoms. The minimum Gasteiger partial charge on any atom is -0.325 e. The average Bonchev–Trinajstić information content (AvgIpc) is 2.28. The molecule has 0 aromatic rings. The minimum absolute atomic E-state index is 0.0526. The van der Waals surface area contributed by atoms with E-state index in [9.17, 15) is 13.2 Å². The van der Waals surface area contributed by atoms with Crippen LogP contribution in [0.15, 0.2) is 0 Å². The second-order valence-corrected chi connectivity index (χ2v) is 5.48. The first-order chi connectivity index (χ1) is 6.91. The summed E-state index contributed by atoms with van der Waals surface area (Å²) in [7, 11) is 0. The van der Waals surface area contributed by atoms with Gasteiger partial charge in [-0.25, -0.2) is 0 Å². The van der Waals surface area contributed by atoms with E-state index in [1.165, 1.54) is 12.8 Å². The molecule has 1 rings (SSSR count). The summed E-state index contributed by atoms with van der Waals surface area (Å²) in [6, 6.07) is 0. The van der Waals surface area contributed by atoms with Gasteiger partial charge in [-0.2, -0.15) is 13.2 Å². The third-order valence-corrected chi connectivity index (χ3v) is 3.70. The zero-order valence-corrected chi connectivity index (χ0v) is 9.59. The van der Waals surface area contributed by atoms with Gasteiger partial charge in [0.2, 0.25) is 0 Å². The molecule has 1 fully saturated rings. The number of halogens is 3. The van der Waals surface area contributed by atoms with Gasteiger partial charge in [0.05, 0.1) is 0 Å². The van der Waals surface area contributed by atoms with Gasteiger partial charge < -0.3 is 5.73 Å². The molecule has 1 aliphatic carbocycles. The Bertz CT molecular complexity index is 186. The van der Waals surface area contributed by atoms with E-state index in [-0.39, 0.29) is 23.1 Å². The van der Waals surface area contributed by atoms with Gasteiger partial charge in [0, 0.05) is 11.3 Å². The summed E-state index contributed by atoms with van der Waals surface area (Å²) in [6.45, 7) is 0. The Morgan fingerprint density at radius 2 is 1.60 bits per heavy atom. The predicted octanol–water partition coefficient (Wildman–Crippen LogP) is 3.68. The van der Waals surface area contributed by atoms with Gasteiger partial charge in [0.25, 0.3) is 0 Å². The first-order valence-electron chi connectivity index (χ1n) is 5.41. The number of nitrogens with two attached hydrogens (primary N) is 1. The van der Waals surface area contributed by atoms with Gasteiger partial charge in [-0.3, -0.25) is 0 Å². The molecule has 0 radical (unpaired) electrons. The van der Waals surface area contributed by atoms with E-state index in [2.05, 4.69) is 0 Å². The zero-order chi connectivity index (χ0) is 11.4. The Morgan fingerprint density at radius 3 is 2.07 bits per heavy atom. The van der Waals surface area contributed by atoms with Crippen molar-refractivity contribution in [1.82, 2.24) is 0 Å². The Morgan fingerprint density at radius 1 is 1.07 bits per heavy atom. The van der Waals surface area contributed by atoms with Crippen molar-refractivity contribution in [2.45, 2.75) is 56.0 Å². The fourth-order valence-corrected chi connectivity index (χ4v) is 2.79. The van der Waals surface area contributed by atoms with Crippen LogP contribution in [0.2, 0.25) is 0 Å². The summed E-state index contributed by atoms with van der Waals surface area (Å²) in [4.78, 5) is 0. The van der Waals surface area contributed by atoms with Crippen LogP contribution in [0.4, 0.5) is 13.2 Å². The molecule has 1 saturated carbocycles. The highest BCUT2D eigenvalue weighted by molar-refractivity contribution is 8.00. The van der Waals surface area contributed by atoms with Gasteiger partial charge in [-0.05, 0) is 19.3 Å². The van der Waals surface area contributed by atoms with Crippen molar-refractivity contribution < 1.29 is 13.2 Å². The maximum absolute atomic E-state index is 11.9. The van der Waals surface area contributed by atoms with E-state index in [1.54, 1.807) is 0 Å². The van der Waals surface area contributed by atoms with Crippen molar-refractivity contribution in [2.24, 2.45) is 5.73 Å². The van der Waals surface area contributed by atoms with Crippen molar-refractivity contribution in [3.05, 3.63) is 0 Å². The molecule has 15 heavy (non-hydrogen) atoms. The molecule has 0 unspecified atom stereocenters. The molecule has 1 nitrogen and oxygen atoms in total. The Kier molecular flexibility index (Phi) is 4.77. The van der Waals surface area contributed by atoms with Crippen LogP contribution in [0.3, 0.4) is 0 Å². The third kappa shape index (κ3) is 5.66. The van der Waals surface area contributed by atoms with E-state index >= 15 is 0 Å². The minimum atomic E-state index is -4.11. The fraction of sp³-hybridized carbons (Fsp3) is 1.00. The molecule has 90 valence electrons. The summed E-state index contributed by atoms with van der Waals surface area (Å²) < 4.78 is 35.8. The van der Waals surface area contributed by atoms with Crippen LogP contribution in [-0.2, 0) is 0 Å². The average molecular weight is 241 g/mol. The topological polar surface area (TPSA) is 26.0 Å². The largest absolute Gasteiger partial charge is 0.441 e. The first-order valence-corrected chi connectivity index (χ1v) is 6.39. The maximum atomic E-state index is 11.9. The highest BCUT2D eigenvalue weighted by Crippen LogP contribution is 2.34. The van der Waals surface area contributed by atoms with E-state index in [1.807, 2.05) is 0 Å². The predicted molar refractivity (Wildman–Crippen MR) is 57.8 cm³/mol. The van der Waals surface area contributed by atoms with E-state index in [0.29, 0.717) is 6.42 Å². The lowest BCUT2D eigenvalue weighted by Gasteiger charge is -2.27. The molecule has 0 spiro atoms.